The van der Waals surface area contributed by atoms with Crippen LogP contribution in [0.4, 0.5) is 0 Å². The number of oxime groups is 1. The molecule has 1 amide bonds. The van der Waals surface area contributed by atoms with Crippen LogP contribution in [0.25, 0.3) is 0 Å². The molecule has 1 fully saturated rings. The van der Waals surface area contributed by atoms with Crippen LogP contribution in [-0.2, 0) is 6.42 Å². The highest BCUT2D eigenvalue weighted by molar-refractivity contribution is 5.96. The van der Waals surface area contributed by atoms with Crippen molar-refractivity contribution in [1.82, 2.24) is 4.90 Å². The van der Waals surface area contributed by atoms with Gasteiger partial charge in [-0.1, -0.05) is 12.1 Å². The Morgan fingerprint density at radius 3 is 3.00 bits per heavy atom. The van der Waals surface area contributed by atoms with Gasteiger partial charge in [-0.2, -0.15) is 0 Å². The van der Waals surface area contributed by atoms with Crippen molar-refractivity contribution in [3.05, 3.63) is 23.7 Å². The second-order valence-electron chi connectivity index (χ2n) is 4.65. The van der Waals surface area contributed by atoms with E-state index in [0.29, 0.717) is 18.7 Å². The Kier molecular flexibility index (Phi) is 4.09. The molecule has 19 heavy (non-hydrogen) atoms. The lowest BCUT2D eigenvalue weighted by molar-refractivity contribution is 0.0642. The molecule has 2 rings (SSSR count). The zero-order valence-corrected chi connectivity index (χ0v) is 11.0. The second kappa shape index (κ2) is 5.77. The van der Waals surface area contributed by atoms with Gasteiger partial charge in [-0.15, -0.1) is 0 Å². The zero-order chi connectivity index (χ0) is 13.8. The third-order valence-corrected chi connectivity index (χ3v) is 3.44. The number of furan rings is 1. The Labute approximate surface area is 111 Å². The number of carbonyl (C=O) groups is 1. The molecule has 1 unspecified atom stereocenters. The van der Waals surface area contributed by atoms with E-state index >= 15 is 0 Å². The first-order valence-electron chi connectivity index (χ1n) is 6.54. The molecule has 6 nitrogen and oxygen atoms in total. The molecule has 6 heteroatoms. The van der Waals surface area contributed by atoms with Crippen molar-refractivity contribution in [1.29, 1.82) is 0 Å². The monoisotopic (exact) mass is 265 g/mol. The van der Waals surface area contributed by atoms with Gasteiger partial charge in [-0.3, -0.25) is 4.79 Å². The largest absolute Gasteiger partial charge is 0.456 e. The van der Waals surface area contributed by atoms with E-state index in [1.807, 2.05) is 6.92 Å². The molecule has 0 radical (unpaired) electrons. The van der Waals surface area contributed by atoms with E-state index in [4.69, 9.17) is 15.4 Å². The lowest BCUT2D eigenvalue weighted by Gasteiger charge is -2.34. The smallest absolute Gasteiger partial charge is 0.290 e. The number of amides is 1. The van der Waals surface area contributed by atoms with Crippen LogP contribution in [0.15, 0.2) is 21.7 Å². The third-order valence-electron chi connectivity index (χ3n) is 3.44. The van der Waals surface area contributed by atoms with Gasteiger partial charge in [0.2, 0.25) is 0 Å². The number of likely N-dealkylation sites (tertiary alicyclic amines) is 1. The molecule has 1 atom stereocenters. The molecule has 1 aliphatic heterocycles. The Hall–Kier alpha value is -1.98. The summed E-state index contributed by atoms with van der Waals surface area (Å²) >= 11 is 0. The molecule has 1 aliphatic rings. The number of hydrogen-bond donors (Lipinski definition) is 2. The second-order valence-corrected chi connectivity index (χ2v) is 4.65. The summed E-state index contributed by atoms with van der Waals surface area (Å²) in [4.78, 5) is 14.0. The Morgan fingerprint density at radius 1 is 1.58 bits per heavy atom. The summed E-state index contributed by atoms with van der Waals surface area (Å²) in [6, 6.07) is 3.14. The highest BCUT2D eigenvalue weighted by Crippen LogP contribution is 2.21. The topological polar surface area (TPSA) is 92.1 Å². The number of nitrogens with two attached hydrogens (primary N) is 1. The maximum absolute atomic E-state index is 12.4. The fourth-order valence-electron chi connectivity index (χ4n) is 2.37. The Morgan fingerprint density at radius 2 is 2.37 bits per heavy atom. The average molecular weight is 265 g/mol. The minimum Gasteiger partial charge on any atom is -0.456 e. The van der Waals surface area contributed by atoms with Gasteiger partial charge in [0.25, 0.3) is 5.91 Å². The van der Waals surface area contributed by atoms with E-state index in [-0.39, 0.29) is 17.8 Å². The normalized spacial score (nSPS) is 20.6. The lowest BCUT2D eigenvalue weighted by atomic mass is 10.0. The van der Waals surface area contributed by atoms with Crippen LogP contribution in [0.5, 0.6) is 0 Å². The molecule has 1 saturated heterocycles. The SMILES string of the molecule is CCc1ccc(C(=O)N2CCCCC2C(N)=NO)o1. The number of carbonyl (C=O) groups excluding carboxylic acids is 1. The molecule has 2 heterocycles. The maximum Gasteiger partial charge on any atom is 0.290 e. The van der Waals surface area contributed by atoms with Crippen molar-refractivity contribution < 1.29 is 14.4 Å². The average Bonchev–Trinajstić information content (AvgIpc) is 2.94. The molecule has 1 aromatic heterocycles. The fourth-order valence-corrected chi connectivity index (χ4v) is 2.37. The Balaban J connectivity index is 2.19. The van der Waals surface area contributed by atoms with E-state index in [1.54, 1.807) is 17.0 Å². The molecule has 0 spiro atoms. The van der Waals surface area contributed by atoms with Crippen LogP contribution >= 0.6 is 0 Å². The molecule has 1 aromatic rings. The summed E-state index contributed by atoms with van der Waals surface area (Å²) < 4.78 is 5.48. The maximum atomic E-state index is 12.4. The molecule has 0 aromatic carbocycles. The van der Waals surface area contributed by atoms with E-state index in [0.717, 1.165) is 25.0 Å². The van der Waals surface area contributed by atoms with Gasteiger partial charge in [0.1, 0.15) is 5.76 Å². The molecule has 0 aliphatic carbocycles. The summed E-state index contributed by atoms with van der Waals surface area (Å²) in [5, 5.41) is 11.8. The van der Waals surface area contributed by atoms with Crippen molar-refractivity contribution in [2.45, 2.75) is 38.6 Å². The van der Waals surface area contributed by atoms with Crippen LogP contribution in [0.3, 0.4) is 0 Å². The highest BCUT2D eigenvalue weighted by Gasteiger charge is 2.31. The molecule has 3 N–H and O–H groups in total. The lowest BCUT2D eigenvalue weighted by Crippen LogP contribution is -2.50. The van der Waals surface area contributed by atoms with E-state index in [9.17, 15) is 4.79 Å². The standard InChI is InChI=1S/C13H19N3O3/c1-2-9-6-7-11(19-9)13(17)16-8-4-3-5-10(16)12(14)15-18/h6-7,10,18H,2-5,8H2,1H3,(H2,14,15). The first-order valence-corrected chi connectivity index (χ1v) is 6.54. The van der Waals surface area contributed by atoms with Gasteiger partial charge in [0, 0.05) is 13.0 Å². The van der Waals surface area contributed by atoms with Crippen LogP contribution in [0.2, 0.25) is 0 Å². The quantitative estimate of drug-likeness (QED) is 0.375. The first-order chi connectivity index (χ1) is 9.17. The summed E-state index contributed by atoms with van der Waals surface area (Å²) in [5.41, 5.74) is 5.66. The van der Waals surface area contributed by atoms with Crippen molar-refractivity contribution >= 4 is 11.7 Å². The number of rotatable bonds is 3. The van der Waals surface area contributed by atoms with Crippen molar-refractivity contribution in [3.63, 3.8) is 0 Å². The number of aryl methyl sites for hydroxylation is 1. The van der Waals surface area contributed by atoms with Gasteiger partial charge in [0.05, 0.1) is 6.04 Å². The van der Waals surface area contributed by atoms with E-state index in [1.165, 1.54) is 0 Å². The van der Waals surface area contributed by atoms with Crippen molar-refractivity contribution in [2.75, 3.05) is 6.54 Å². The van der Waals surface area contributed by atoms with Gasteiger partial charge in [-0.05, 0) is 31.4 Å². The van der Waals surface area contributed by atoms with Crippen LogP contribution < -0.4 is 5.73 Å². The molecule has 0 saturated carbocycles. The summed E-state index contributed by atoms with van der Waals surface area (Å²) in [6.45, 7) is 2.56. The van der Waals surface area contributed by atoms with Crippen molar-refractivity contribution in [2.24, 2.45) is 10.9 Å². The van der Waals surface area contributed by atoms with Gasteiger partial charge in [-0.25, -0.2) is 0 Å². The first kappa shape index (κ1) is 13.5. The molecule has 0 bridgehead atoms. The van der Waals surface area contributed by atoms with Gasteiger partial charge in [0.15, 0.2) is 11.6 Å². The molecular formula is C13H19N3O3. The number of amidine groups is 1. The Bertz CT molecular complexity index is 481. The van der Waals surface area contributed by atoms with E-state index < -0.39 is 0 Å². The highest BCUT2D eigenvalue weighted by atomic mass is 16.4. The molecule has 104 valence electrons. The minimum absolute atomic E-state index is 0.0790. The molecular weight excluding hydrogens is 246 g/mol. The summed E-state index contributed by atoms with van der Waals surface area (Å²) in [7, 11) is 0. The third kappa shape index (κ3) is 2.72. The van der Waals surface area contributed by atoms with Crippen molar-refractivity contribution in [3.8, 4) is 0 Å². The zero-order valence-electron chi connectivity index (χ0n) is 11.0. The number of piperidine rings is 1. The predicted octanol–water partition coefficient (Wildman–Crippen LogP) is 1.58. The number of hydrogen-bond acceptors (Lipinski definition) is 4. The van der Waals surface area contributed by atoms with Crippen LogP contribution in [0, 0.1) is 0 Å². The van der Waals surface area contributed by atoms with E-state index in [2.05, 4.69) is 5.16 Å². The van der Waals surface area contributed by atoms with Crippen LogP contribution in [0.1, 0.15) is 42.5 Å². The van der Waals surface area contributed by atoms with Gasteiger partial charge < -0.3 is 20.3 Å². The van der Waals surface area contributed by atoms with Gasteiger partial charge >= 0.3 is 0 Å². The predicted molar refractivity (Wildman–Crippen MR) is 70.2 cm³/mol. The minimum atomic E-state index is -0.346. The summed E-state index contributed by atoms with van der Waals surface area (Å²) in [5.74, 6) is 0.974. The summed E-state index contributed by atoms with van der Waals surface area (Å²) in [6.07, 6.45) is 3.34. The van der Waals surface area contributed by atoms with Crippen LogP contribution in [-0.4, -0.2) is 34.4 Å². The number of nitrogens with zero attached hydrogens (tertiary/aromatic N) is 2. The fraction of sp³-hybridized carbons (Fsp3) is 0.538.